The summed E-state index contributed by atoms with van der Waals surface area (Å²) in [7, 11) is -4.61. The number of para-hydroxylation sites is 1. The Morgan fingerprint density at radius 3 is 2.17 bits per heavy atom. The molecule has 4 aromatic rings. The topological polar surface area (TPSA) is 30.4 Å². The Morgan fingerprint density at radius 1 is 0.897 bits per heavy atom. The maximum absolute atomic E-state index is 11.6. The van der Waals surface area contributed by atoms with Crippen molar-refractivity contribution in [2.45, 2.75) is 0 Å². The summed E-state index contributed by atoms with van der Waals surface area (Å²) in [5.74, 6) is -0.319. The third kappa shape index (κ3) is 4.90. The lowest BCUT2D eigenvalue weighted by Gasteiger charge is -2.07. The van der Waals surface area contributed by atoms with Crippen LogP contribution in [0.4, 0.5) is 17.3 Å². The third-order valence-electron chi connectivity index (χ3n) is 4.25. The van der Waals surface area contributed by atoms with Crippen LogP contribution in [0.2, 0.25) is 0 Å². The van der Waals surface area contributed by atoms with E-state index in [1.807, 2.05) is 36.4 Å². The van der Waals surface area contributed by atoms with E-state index < -0.39 is 7.25 Å². The van der Waals surface area contributed by atoms with Crippen molar-refractivity contribution in [3.05, 3.63) is 84.6 Å². The molecule has 0 amide bonds. The van der Waals surface area contributed by atoms with Gasteiger partial charge in [0.2, 0.25) is 11.0 Å². The van der Waals surface area contributed by atoms with E-state index in [1.165, 1.54) is 12.5 Å². The lowest BCUT2D eigenvalue weighted by atomic mass is 9.99. The fourth-order valence-electron chi connectivity index (χ4n) is 3.07. The standard InChI is InChI=1S/C21H16NO2.BF4/c1-24-21(23)16-11-9-15(10-12-16)19-14-17-6-4-5-13-22(17)20-8-3-2-7-18(19)20;2-1(3,4)5/h2-14H,1H3;/q+1;-1. The number of nitrogens with zero attached hydrogens (tertiary/aromatic N) is 1. The summed E-state index contributed by atoms with van der Waals surface area (Å²) in [5.41, 5.74) is 5.06. The van der Waals surface area contributed by atoms with Crippen LogP contribution in [0.1, 0.15) is 10.4 Å². The maximum atomic E-state index is 11.6. The van der Waals surface area contributed by atoms with E-state index >= 15 is 0 Å². The molecule has 0 saturated heterocycles. The molecule has 0 fully saturated rings. The molecule has 0 aliphatic carbocycles. The minimum atomic E-state index is -6.00. The highest BCUT2D eigenvalue weighted by Crippen LogP contribution is 2.28. The quantitative estimate of drug-likeness (QED) is 0.149. The van der Waals surface area contributed by atoms with Crippen LogP contribution in [-0.4, -0.2) is 20.3 Å². The fourth-order valence-corrected chi connectivity index (χ4v) is 3.07. The summed E-state index contributed by atoms with van der Waals surface area (Å²) in [6, 6.07) is 24.2. The first-order valence-corrected chi connectivity index (χ1v) is 8.66. The van der Waals surface area contributed by atoms with Crippen molar-refractivity contribution in [1.29, 1.82) is 0 Å². The smallest absolute Gasteiger partial charge is 0.465 e. The predicted octanol–water partition coefficient (Wildman–Crippen LogP) is 5.33. The van der Waals surface area contributed by atoms with Crippen LogP contribution in [-0.2, 0) is 4.74 Å². The first kappa shape index (κ1) is 20.3. The zero-order valence-corrected chi connectivity index (χ0v) is 15.4. The number of carbonyl (C=O) groups is 1. The number of fused-ring (bicyclic) bond motifs is 3. The molecule has 3 nitrogen and oxygen atoms in total. The molecule has 0 spiro atoms. The summed E-state index contributed by atoms with van der Waals surface area (Å²) in [5, 5.41) is 1.17. The molecular weight excluding hydrogens is 385 g/mol. The van der Waals surface area contributed by atoms with Crippen molar-refractivity contribution in [2.24, 2.45) is 0 Å². The number of esters is 1. The van der Waals surface area contributed by atoms with Gasteiger partial charge in [-0.1, -0.05) is 24.3 Å². The largest absolute Gasteiger partial charge is 0.673 e. The van der Waals surface area contributed by atoms with Crippen LogP contribution < -0.4 is 4.40 Å². The Morgan fingerprint density at radius 2 is 1.52 bits per heavy atom. The molecule has 2 heterocycles. The Kier molecular flexibility index (Phi) is 5.82. The second-order valence-electron chi connectivity index (χ2n) is 6.13. The number of ether oxygens (including phenoxy) is 1. The number of methoxy groups -OCH3 is 1. The monoisotopic (exact) mass is 401 g/mol. The highest BCUT2D eigenvalue weighted by atomic mass is 19.5. The van der Waals surface area contributed by atoms with Crippen LogP contribution in [0, 0.1) is 0 Å². The molecule has 0 atom stereocenters. The van der Waals surface area contributed by atoms with Gasteiger partial charge in [-0.2, -0.15) is 4.40 Å². The maximum Gasteiger partial charge on any atom is 0.673 e. The Labute approximate surface area is 164 Å². The number of hydrogen-bond donors (Lipinski definition) is 0. The first-order valence-electron chi connectivity index (χ1n) is 8.66. The van der Waals surface area contributed by atoms with Crippen LogP contribution >= 0.6 is 0 Å². The number of carbonyl (C=O) groups excluding carboxylic acids is 1. The molecular formula is C21H16BF4NO2. The normalized spacial score (nSPS) is 11.1. The lowest BCUT2D eigenvalue weighted by Crippen LogP contribution is -2.22. The average Bonchev–Trinajstić information content (AvgIpc) is 2.71. The van der Waals surface area contributed by atoms with Crippen LogP contribution in [0.5, 0.6) is 0 Å². The summed E-state index contributed by atoms with van der Waals surface area (Å²) < 4.78 is 45.9. The second-order valence-corrected chi connectivity index (χ2v) is 6.13. The van der Waals surface area contributed by atoms with Gasteiger partial charge in [0.1, 0.15) is 0 Å². The molecule has 0 saturated carbocycles. The molecule has 4 rings (SSSR count). The van der Waals surface area contributed by atoms with Crippen molar-refractivity contribution in [3.8, 4) is 11.1 Å². The molecule has 2 aromatic carbocycles. The first-order chi connectivity index (χ1) is 13.8. The van der Waals surface area contributed by atoms with Crippen LogP contribution in [0.3, 0.4) is 0 Å². The number of halogens is 4. The number of hydrogen-bond acceptors (Lipinski definition) is 2. The van der Waals surface area contributed by atoms with Crippen LogP contribution in [0.25, 0.3) is 27.5 Å². The molecule has 148 valence electrons. The third-order valence-corrected chi connectivity index (χ3v) is 4.25. The molecule has 0 aliphatic heterocycles. The van der Waals surface area contributed by atoms with Gasteiger partial charge in [-0.25, -0.2) is 4.79 Å². The van der Waals surface area contributed by atoms with Gasteiger partial charge in [-0.3, -0.25) is 0 Å². The number of aromatic nitrogens is 1. The van der Waals surface area contributed by atoms with Crippen LogP contribution in [0.15, 0.2) is 79.0 Å². The minimum absolute atomic E-state index is 0.319. The van der Waals surface area contributed by atoms with Crippen molar-refractivity contribution < 1.29 is 31.2 Å². The van der Waals surface area contributed by atoms with E-state index in [9.17, 15) is 22.1 Å². The molecule has 0 N–H and O–H groups in total. The van der Waals surface area contributed by atoms with Crippen molar-refractivity contribution in [1.82, 2.24) is 0 Å². The van der Waals surface area contributed by atoms with E-state index in [0.717, 1.165) is 22.2 Å². The average molecular weight is 401 g/mol. The highest BCUT2D eigenvalue weighted by Gasteiger charge is 2.20. The number of rotatable bonds is 2. The molecule has 2 aromatic heterocycles. The summed E-state index contributed by atoms with van der Waals surface area (Å²) >= 11 is 0. The van der Waals surface area contributed by atoms with Gasteiger partial charge in [0.15, 0.2) is 6.20 Å². The number of benzene rings is 2. The van der Waals surface area contributed by atoms with E-state index in [0.29, 0.717) is 5.56 Å². The predicted molar refractivity (Wildman–Crippen MR) is 104 cm³/mol. The second kappa shape index (κ2) is 8.30. The van der Waals surface area contributed by atoms with Crippen molar-refractivity contribution in [2.75, 3.05) is 7.11 Å². The van der Waals surface area contributed by atoms with E-state index in [4.69, 9.17) is 4.74 Å². The molecule has 0 radical (unpaired) electrons. The summed E-state index contributed by atoms with van der Waals surface area (Å²) in [4.78, 5) is 11.6. The van der Waals surface area contributed by atoms with Gasteiger partial charge < -0.3 is 22.0 Å². The molecule has 29 heavy (non-hydrogen) atoms. The van der Waals surface area contributed by atoms with Gasteiger partial charge >= 0.3 is 13.2 Å². The molecule has 8 heteroatoms. The summed E-state index contributed by atoms with van der Waals surface area (Å²) in [6.07, 6.45) is 2.07. The van der Waals surface area contributed by atoms with E-state index in [2.05, 4.69) is 34.9 Å². The van der Waals surface area contributed by atoms with E-state index in [-0.39, 0.29) is 5.97 Å². The fraction of sp³-hybridized carbons (Fsp3) is 0.0476. The SMILES string of the molecule is COC(=O)c1ccc(-c2cc3cccc[n+]3c3ccccc23)cc1.F[B-](F)(F)F. The molecule has 0 bridgehead atoms. The van der Waals surface area contributed by atoms with Gasteiger partial charge in [0.05, 0.1) is 18.1 Å². The summed E-state index contributed by atoms with van der Waals surface area (Å²) in [6.45, 7) is 0. The Balaban J connectivity index is 0.000000431. The van der Waals surface area contributed by atoms with Gasteiger partial charge in [-0.15, -0.1) is 0 Å². The Bertz CT molecular complexity index is 1150. The minimum Gasteiger partial charge on any atom is -0.465 e. The zero-order chi connectivity index (χ0) is 21.0. The molecule has 0 aliphatic rings. The van der Waals surface area contributed by atoms with Crippen molar-refractivity contribution in [3.63, 3.8) is 0 Å². The zero-order valence-electron chi connectivity index (χ0n) is 15.4. The van der Waals surface area contributed by atoms with Crippen molar-refractivity contribution >= 4 is 29.6 Å². The molecule has 0 unspecified atom stereocenters. The van der Waals surface area contributed by atoms with Gasteiger partial charge in [-0.05, 0) is 29.8 Å². The lowest BCUT2D eigenvalue weighted by molar-refractivity contribution is -0.481. The Hall–Kier alpha value is -3.42. The van der Waals surface area contributed by atoms with E-state index in [1.54, 1.807) is 12.1 Å². The number of pyridine rings is 2. The van der Waals surface area contributed by atoms with Gasteiger partial charge in [0, 0.05) is 29.8 Å². The highest BCUT2D eigenvalue weighted by molar-refractivity contribution is 6.50. The van der Waals surface area contributed by atoms with Gasteiger partial charge in [0.25, 0.3) is 0 Å².